The van der Waals surface area contributed by atoms with E-state index in [0.717, 1.165) is 4.47 Å². The van der Waals surface area contributed by atoms with E-state index in [9.17, 15) is 14.4 Å². The molecular weight excluding hydrogens is 488 g/mol. The van der Waals surface area contributed by atoms with Crippen LogP contribution in [0.25, 0.3) is 10.9 Å². The number of ether oxygens (including phenoxy) is 1. The Morgan fingerprint density at radius 3 is 2.61 bits per heavy atom. The number of aromatic nitrogens is 1. The molecule has 0 radical (unpaired) electrons. The number of carbonyl (C=O) groups excluding carboxylic acids is 3. The van der Waals surface area contributed by atoms with Crippen molar-refractivity contribution >= 4 is 61.8 Å². The molecule has 3 aromatic rings. The number of nitrogens with zero attached hydrogens (tertiary/aromatic N) is 1. The first kappa shape index (κ1) is 22.8. The van der Waals surface area contributed by atoms with Gasteiger partial charge in [-0.2, -0.15) is 0 Å². The van der Waals surface area contributed by atoms with Gasteiger partial charge in [-0.15, -0.1) is 0 Å². The molecule has 8 nitrogen and oxygen atoms in total. The van der Waals surface area contributed by atoms with Crippen molar-refractivity contribution in [1.29, 1.82) is 0 Å². The highest BCUT2D eigenvalue weighted by Gasteiger charge is 2.21. The van der Waals surface area contributed by atoms with Gasteiger partial charge >= 0.3 is 11.8 Å². The second-order valence-corrected chi connectivity index (χ2v) is 7.87. The summed E-state index contributed by atoms with van der Waals surface area (Å²) in [5, 5.41) is 6.31. The molecule has 3 N–H and O–H groups in total. The van der Waals surface area contributed by atoms with Crippen molar-refractivity contribution in [2.75, 3.05) is 31.0 Å². The lowest BCUT2D eigenvalue weighted by molar-refractivity contribution is -0.136. The Hall–Kier alpha value is -2.88. The molecule has 3 rings (SSSR count). The first-order valence-electron chi connectivity index (χ1n) is 9.35. The van der Waals surface area contributed by atoms with Crippen LogP contribution in [-0.2, 0) is 14.3 Å². The van der Waals surface area contributed by atoms with Crippen LogP contribution in [0.4, 0.5) is 5.69 Å². The van der Waals surface area contributed by atoms with Crippen LogP contribution >= 0.6 is 27.5 Å². The smallest absolute Gasteiger partial charge is 0.328 e. The summed E-state index contributed by atoms with van der Waals surface area (Å²) >= 11 is 9.53. The lowest BCUT2D eigenvalue weighted by Gasteiger charge is -2.13. The van der Waals surface area contributed by atoms with Crippen molar-refractivity contribution in [2.24, 2.45) is 0 Å². The summed E-state index contributed by atoms with van der Waals surface area (Å²) < 4.78 is 7.00. The molecule has 10 heteroatoms. The van der Waals surface area contributed by atoms with Gasteiger partial charge in [0.2, 0.25) is 0 Å². The highest BCUT2D eigenvalue weighted by Crippen LogP contribution is 2.25. The zero-order valence-corrected chi connectivity index (χ0v) is 18.9. The molecule has 0 aliphatic rings. The number of hydrogen-bond acceptors (Lipinski definition) is 4. The number of fused-ring (bicyclic) bond motifs is 1. The first-order valence-corrected chi connectivity index (χ1v) is 10.5. The summed E-state index contributed by atoms with van der Waals surface area (Å²) in [7, 11) is 1.55. The number of methoxy groups -OCH3 is 1. The van der Waals surface area contributed by atoms with Gasteiger partial charge in [0.05, 0.1) is 16.2 Å². The SMILES string of the molecule is COCCCNC(=O)C(=O)Nn1c(C(=O)Nc2ccccc2Cl)cc2cc(Br)ccc21. The molecule has 2 aromatic carbocycles. The maximum absolute atomic E-state index is 13.0. The number of anilines is 1. The summed E-state index contributed by atoms with van der Waals surface area (Å²) in [4.78, 5) is 37.5. The molecule has 0 saturated heterocycles. The first-order chi connectivity index (χ1) is 14.9. The molecule has 0 fully saturated rings. The molecule has 31 heavy (non-hydrogen) atoms. The monoisotopic (exact) mass is 506 g/mol. The van der Waals surface area contributed by atoms with Crippen LogP contribution in [0.3, 0.4) is 0 Å². The van der Waals surface area contributed by atoms with Gasteiger partial charge in [-0.25, -0.2) is 4.68 Å². The molecule has 3 amide bonds. The maximum Gasteiger partial charge on any atom is 0.328 e. The highest BCUT2D eigenvalue weighted by molar-refractivity contribution is 9.10. The normalized spacial score (nSPS) is 10.7. The Kier molecular flexibility index (Phi) is 7.67. The second kappa shape index (κ2) is 10.4. The average molecular weight is 508 g/mol. The lowest BCUT2D eigenvalue weighted by atomic mass is 10.2. The van der Waals surface area contributed by atoms with E-state index in [4.69, 9.17) is 16.3 Å². The van der Waals surface area contributed by atoms with Crippen LogP contribution in [0.1, 0.15) is 16.9 Å². The number of benzene rings is 2. The van der Waals surface area contributed by atoms with E-state index in [1.54, 1.807) is 55.6 Å². The predicted molar refractivity (Wildman–Crippen MR) is 123 cm³/mol. The van der Waals surface area contributed by atoms with Crippen molar-refractivity contribution < 1.29 is 19.1 Å². The zero-order valence-electron chi connectivity index (χ0n) is 16.6. The van der Waals surface area contributed by atoms with Crippen LogP contribution in [-0.4, -0.2) is 42.7 Å². The number of amides is 3. The molecule has 0 bridgehead atoms. The van der Waals surface area contributed by atoms with Gasteiger partial charge in [0, 0.05) is 30.1 Å². The van der Waals surface area contributed by atoms with Crippen molar-refractivity contribution in [3.8, 4) is 0 Å². The third-order valence-electron chi connectivity index (χ3n) is 4.35. The topological polar surface area (TPSA) is 101 Å². The fourth-order valence-corrected chi connectivity index (χ4v) is 3.44. The van der Waals surface area contributed by atoms with E-state index in [1.807, 2.05) is 0 Å². The van der Waals surface area contributed by atoms with E-state index in [0.29, 0.717) is 41.2 Å². The fraction of sp³-hybridized carbons (Fsp3) is 0.190. The van der Waals surface area contributed by atoms with E-state index < -0.39 is 17.7 Å². The van der Waals surface area contributed by atoms with Crippen LogP contribution in [0.15, 0.2) is 53.0 Å². The van der Waals surface area contributed by atoms with Gasteiger partial charge < -0.3 is 15.4 Å². The van der Waals surface area contributed by atoms with Crippen LogP contribution in [0.2, 0.25) is 5.02 Å². The van der Waals surface area contributed by atoms with Gasteiger partial charge in [0.15, 0.2) is 0 Å². The van der Waals surface area contributed by atoms with Crippen molar-refractivity contribution in [1.82, 2.24) is 9.99 Å². The Morgan fingerprint density at radius 2 is 1.87 bits per heavy atom. The number of rotatable bonds is 7. The van der Waals surface area contributed by atoms with E-state index >= 15 is 0 Å². The molecule has 0 saturated carbocycles. The molecular formula is C21H20BrClN4O4. The summed E-state index contributed by atoms with van der Waals surface area (Å²) in [6.07, 6.45) is 0.571. The number of para-hydroxylation sites is 1. The molecule has 0 aliphatic carbocycles. The zero-order chi connectivity index (χ0) is 22.4. The third-order valence-corrected chi connectivity index (χ3v) is 5.17. The van der Waals surface area contributed by atoms with Gasteiger partial charge in [-0.05, 0) is 42.8 Å². The lowest BCUT2D eigenvalue weighted by Crippen LogP contribution is -2.40. The van der Waals surface area contributed by atoms with Crippen LogP contribution in [0, 0.1) is 0 Å². The molecule has 1 aromatic heterocycles. The minimum absolute atomic E-state index is 0.133. The number of halogens is 2. The predicted octanol–water partition coefficient (Wildman–Crippen LogP) is 3.53. The standard InChI is InChI=1S/C21H20BrClN4O4/c1-31-10-4-9-24-20(29)21(30)26-27-17-8-7-14(22)11-13(17)12-18(27)19(28)25-16-6-3-2-5-15(16)23/h2-3,5-8,11-12H,4,9-10H2,1H3,(H,24,29)(H,25,28)(H,26,30). The highest BCUT2D eigenvalue weighted by atomic mass is 79.9. The summed E-state index contributed by atoms with van der Waals surface area (Å²) in [6, 6.07) is 13.7. The summed E-state index contributed by atoms with van der Waals surface area (Å²) in [6.45, 7) is 0.755. The average Bonchev–Trinajstić information content (AvgIpc) is 3.10. The minimum Gasteiger partial charge on any atom is -0.385 e. The van der Waals surface area contributed by atoms with E-state index in [2.05, 4.69) is 32.0 Å². The van der Waals surface area contributed by atoms with Crippen LogP contribution in [0.5, 0.6) is 0 Å². The van der Waals surface area contributed by atoms with Crippen molar-refractivity contribution in [2.45, 2.75) is 6.42 Å². The van der Waals surface area contributed by atoms with Gasteiger partial charge in [0.25, 0.3) is 5.91 Å². The molecule has 0 unspecified atom stereocenters. The Labute approximate surface area is 192 Å². The number of carbonyl (C=O) groups is 3. The Bertz CT molecular complexity index is 1130. The summed E-state index contributed by atoms with van der Waals surface area (Å²) in [5.41, 5.74) is 3.61. The van der Waals surface area contributed by atoms with Gasteiger partial charge in [0.1, 0.15) is 5.69 Å². The fourth-order valence-electron chi connectivity index (χ4n) is 2.87. The quantitative estimate of drug-likeness (QED) is 0.336. The largest absolute Gasteiger partial charge is 0.385 e. The molecule has 1 heterocycles. The number of hydrogen-bond donors (Lipinski definition) is 3. The molecule has 0 spiro atoms. The van der Waals surface area contributed by atoms with E-state index in [1.165, 1.54) is 4.68 Å². The molecule has 0 atom stereocenters. The molecule has 162 valence electrons. The van der Waals surface area contributed by atoms with E-state index in [-0.39, 0.29) is 5.69 Å². The van der Waals surface area contributed by atoms with Gasteiger partial charge in [-0.1, -0.05) is 39.7 Å². The maximum atomic E-state index is 13.0. The molecule has 0 aliphatic heterocycles. The van der Waals surface area contributed by atoms with Gasteiger partial charge in [-0.3, -0.25) is 19.8 Å². The number of nitrogens with one attached hydrogen (secondary N) is 3. The summed E-state index contributed by atoms with van der Waals surface area (Å²) in [5.74, 6) is -2.21. The minimum atomic E-state index is -0.898. The Balaban J connectivity index is 1.87. The van der Waals surface area contributed by atoms with Crippen LogP contribution < -0.4 is 16.1 Å². The third kappa shape index (κ3) is 5.63. The Morgan fingerprint density at radius 1 is 1.10 bits per heavy atom. The second-order valence-electron chi connectivity index (χ2n) is 6.55. The van der Waals surface area contributed by atoms with Crippen molar-refractivity contribution in [3.05, 3.63) is 63.7 Å². The van der Waals surface area contributed by atoms with Crippen molar-refractivity contribution in [3.63, 3.8) is 0 Å².